The van der Waals surface area contributed by atoms with E-state index < -0.39 is 0 Å². The summed E-state index contributed by atoms with van der Waals surface area (Å²) in [6.45, 7) is 4.26. The quantitative estimate of drug-likeness (QED) is 0.839. The van der Waals surface area contributed by atoms with Crippen LogP contribution in [0.15, 0.2) is 18.2 Å². The van der Waals surface area contributed by atoms with Crippen molar-refractivity contribution >= 4 is 35.0 Å². The molecule has 1 aromatic carbocycles. The summed E-state index contributed by atoms with van der Waals surface area (Å²) < 4.78 is 0. The molecule has 0 saturated carbocycles. The van der Waals surface area contributed by atoms with Gasteiger partial charge in [0.05, 0.1) is 6.61 Å². The van der Waals surface area contributed by atoms with Crippen LogP contribution in [0.5, 0.6) is 0 Å². The number of benzene rings is 1. The molecular weight excluding hydrogens is 289 g/mol. The lowest BCUT2D eigenvalue weighted by Gasteiger charge is -2.26. The Balaban J connectivity index is 2.75. The van der Waals surface area contributed by atoms with E-state index in [1.165, 1.54) is 0 Å². The lowest BCUT2D eigenvalue weighted by molar-refractivity contribution is 0.272. The molecule has 3 atom stereocenters. The molecule has 0 aliphatic heterocycles. The van der Waals surface area contributed by atoms with Crippen molar-refractivity contribution in [1.82, 2.24) is 5.32 Å². The van der Waals surface area contributed by atoms with E-state index in [0.29, 0.717) is 10.0 Å². The Morgan fingerprint density at radius 3 is 2.56 bits per heavy atom. The van der Waals surface area contributed by atoms with Crippen LogP contribution in [0.25, 0.3) is 0 Å². The number of nitrogens with one attached hydrogen (secondary N) is 1. The van der Waals surface area contributed by atoms with Crippen LogP contribution in [0.2, 0.25) is 10.0 Å². The number of thioether (sulfide) groups is 1. The standard InChI is InChI=1S/C13H19Cl2NOS/c1-8(16-9(2)13(7-17)18-3)11-6-10(14)4-5-12(11)15/h4-6,8-9,13,16-17H,7H2,1-3H3. The second kappa shape index (κ2) is 7.61. The first kappa shape index (κ1) is 16.1. The first-order chi connectivity index (χ1) is 8.49. The molecule has 0 heterocycles. The maximum absolute atomic E-state index is 9.27. The highest BCUT2D eigenvalue weighted by atomic mass is 35.5. The van der Waals surface area contributed by atoms with E-state index in [0.717, 1.165) is 5.56 Å². The fourth-order valence-electron chi connectivity index (χ4n) is 1.87. The van der Waals surface area contributed by atoms with E-state index in [-0.39, 0.29) is 23.9 Å². The predicted octanol–water partition coefficient (Wildman–Crippen LogP) is 3.76. The molecule has 5 heteroatoms. The molecule has 0 bridgehead atoms. The van der Waals surface area contributed by atoms with Gasteiger partial charge in [-0.3, -0.25) is 0 Å². The minimum absolute atomic E-state index is 0.0902. The van der Waals surface area contributed by atoms with Gasteiger partial charge in [-0.15, -0.1) is 0 Å². The summed E-state index contributed by atoms with van der Waals surface area (Å²) in [4.78, 5) is 0. The fourth-order valence-corrected chi connectivity index (χ4v) is 2.97. The summed E-state index contributed by atoms with van der Waals surface area (Å²) in [5, 5.41) is 14.3. The largest absolute Gasteiger partial charge is 0.395 e. The van der Waals surface area contributed by atoms with Gasteiger partial charge in [0, 0.05) is 27.4 Å². The SMILES string of the molecule is CSC(CO)C(C)NC(C)c1cc(Cl)ccc1Cl. The number of hydrogen-bond acceptors (Lipinski definition) is 3. The molecule has 0 fully saturated rings. The van der Waals surface area contributed by atoms with Crippen molar-refractivity contribution in [3.63, 3.8) is 0 Å². The second-order valence-electron chi connectivity index (χ2n) is 4.30. The van der Waals surface area contributed by atoms with Gasteiger partial charge in [0.25, 0.3) is 0 Å². The normalized spacial score (nSPS) is 16.3. The Bertz CT molecular complexity index is 385. The maximum atomic E-state index is 9.27. The van der Waals surface area contributed by atoms with Crippen LogP contribution < -0.4 is 5.32 Å². The molecule has 0 spiro atoms. The molecule has 18 heavy (non-hydrogen) atoms. The molecule has 0 aromatic heterocycles. The Labute approximate surface area is 123 Å². The highest BCUT2D eigenvalue weighted by Crippen LogP contribution is 2.27. The average molecular weight is 308 g/mol. The predicted molar refractivity (Wildman–Crippen MR) is 81.9 cm³/mol. The first-order valence-electron chi connectivity index (χ1n) is 5.84. The van der Waals surface area contributed by atoms with E-state index >= 15 is 0 Å². The lowest BCUT2D eigenvalue weighted by Crippen LogP contribution is -2.39. The molecular formula is C13H19Cl2NOS. The first-order valence-corrected chi connectivity index (χ1v) is 7.88. The summed E-state index contributed by atoms with van der Waals surface area (Å²) in [6.07, 6.45) is 2.00. The van der Waals surface area contributed by atoms with Gasteiger partial charge in [-0.2, -0.15) is 11.8 Å². The number of aliphatic hydroxyl groups excluding tert-OH is 1. The third kappa shape index (κ3) is 4.32. The van der Waals surface area contributed by atoms with Gasteiger partial charge in [0.1, 0.15) is 0 Å². The van der Waals surface area contributed by atoms with Gasteiger partial charge in [-0.25, -0.2) is 0 Å². The van der Waals surface area contributed by atoms with E-state index in [4.69, 9.17) is 23.2 Å². The van der Waals surface area contributed by atoms with Crippen LogP contribution in [0.4, 0.5) is 0 Å². The van der Waals surface area contributed by atoms with Crippen LogP contribution in [0.1, 0.15) is 25.5 Å². The van der Waals surface area contributed by atoms with Crippen molar-refractivity contribution < 1.29 is 5.11 Å². The van der Waals surface area contributed by atoms with Crippen LogP contribution in [-0.4, -0.2) is 29.3 Å². The zero-order valence-corrected chi connectivity index (χ0v) is 13.1. The topological polar surface area (TPSA) is 32.3 Å². The lowest BCUT2D eigenvalue weighted by atomic mass is 10.1. The molecule has 1 aromatic rings. The molecule has 0 aliphatic carbocycles. The highest BCUT2D eigenvalue weighted by molar-refractivity contribution is 7.99. The average Bonchev–Trinajstić information content (AvgIpc) is 2.33. The molecule has 0 saturated heterocycles. The number of hydrogen-bond donors (Lipinski definition) is 2. The van der Waals surface area contributed by atoms with Crippen LogP contribution in [0, 0.1) is 0 Å². The molecule has 0 aliphatic rings. The van der Waals surface area contributed by atoms with Crippen LogP contribution in [0.3, 0.4) is 0 Å². The van der Waals surface area contributed by atoms with E-state index in [1.807, 2.05) is 19.2 Å². The summed E-state index contributed by atoms with van der Waals surface area (Å²) in [5.41, 5.74) is 0.980. The van der Waals surface area contributed by atoms with Crippen molar-refractivity contribution in [2.24, 2.45) is 0 Å². The zero-order valence-electron chi connectivity index (χ0n) is 10.8. The van der Waals surface area contributed by atoms with Gasteiger partial charge in [0.2, 0.25) is 0 Å². The highest BCUT2D eigenvalue weighted by Gasteiger charge is 2.19. The molecule has 2 nitrogen and oxygen atoms in total. The van der Waals surface area contributed by atoms with Gasteiger partial charge in [0.15, 0.2) is 0 Å². The van der Waals surface area contributed by atoms with E-state index in [9.17, 15) is 5.11 Å². The maximum Gasteiger partial charge on any atom is 0.0564 e. The smallest absolute Gasteiger partial charge is 0.0564 e. The van der Waals surface area contributed by atoms with E-state index in [1.54, 1.807) is 23.9 Å². The minimum Gasteiger partial charge on any atom is -0.395 e. The Kier molecular flexibility index (Phi) is 6.82. The second-order valence-corrected chi connectivity index (χ2v) is 6.22. The van der Waals surface area contributed by atoms with Crippen molar-refractivity contribution in [1.29, 1.82) is 0 Å². The van der Waals surface area contributed by atoms with Gasteiger partial charge in [-0.05, 0) is 43.9 Å². The summed E-state index contributed by atoms with van der Waals surface area (Å²) >= 11 is 13.8. The van der Waals surface area contributed by atoms with Gasteiger partial charge >= 0.3 is 0 Å². The van der Waals surface area contributed by atoms with Gasteiger partial charge < -0.3 is 10.4 Å². The van der Waals surface area contributed by atoms with Crippen molar-refractivity contribution in [3.05, 3.63) is 33.8 Å². The van der Waals surface area contributed by atoms with Crippen LogP contribution in [-0.2, 0) is 0 Å². The van der Waals surface area contributed by atoms with Crippen molar-refractivity contribution in [3.8, 4) is 0 Å². The Hall–Kier alpha value is 0.0700. The zero-order chi connectivity index (χ0) is 13.7. The molecule has 3 unspecified atom stereocenters. The number of halogens is 2. The van der Waals surface area contributed by atoms with E-state index in [2.05, 4.69) is 12.2 Å². The molecule has 102 valence electrons. The van der Waals surface area contributed by atoms with Gasteiger partial charge in [-0.1, -0.05) is 23.2 Å². The summed E-state index contributed by atoms with van der Waals surface area (Å²) in [5.74, 6) is 0. The molecule has 1 rings (SSSR count). The fraction of sp³-hybridized carbons (Fsp3) is 0.538. The third-order valence-corrected chi connectivity index (χ3v) is 4.72. The minimum atomic E-state index is 0.0902. The molecule has 2 N–H and O–H groups in total. The molecule has 0 amide bonds. The molecule has 0 radical (unpaired) electrons. The third-order valence-electron chi connectivity index (χ3n) is 2.98. The number of aliphatic hydroxyl groups is 1. The summed E-state index contributed by atoms with van der Waals surface area (Å²) in [6, 6.07) is 5.74. The van der Waals surface area contributed by atoms with Crippen LogP contribution >= 0.6 is 35.0 Å². The Morgan fingerprint density at radius 1 is 1.33 bits per heavy atom. The van der Waals surface area contributed by atoms with Crippen molar-refractivity contribution in [2.45, 2.75) is 31.2 Å². The summed E-state index contributed by atoms with van der Waals surface area (Å²) in [7, 11) is 0. The number of rotatable bonds is 6. The van der Waals surface area contributed by atoms with Crippen molar-refractivity contribution in [2.75, 3.05) is 12.9 Å². The monoisotopic (exact) mass is 307 g/mol. The Morgan fingerprint density at radius 2 is 2.00 bits per heavy atom.